The standard InChI is InChI=1S/C15H29N3O/c1-17(2)14-7-4-8-18(11-14)15(19)10-12-5-3-6-13(16)9-12/h12-14H,3-11,16H2,1-2H3. The molecule has 2 aliphatic rings. The molecule has 19 heavy (non-hydrogen) atoms. The second-order valence-corrected chi connectivity index (χ2v) is 6.60. The molecule has 0 aromatic carbocycles. The third-order valence-corrected chi connectivity index (χ3v) is 4.77. The highest BCUT2D eigenvalue weighted by Gasteiger charge is 2.28. The van der Waals surface area contributed by atoms with Crippen LogP contribution in [0.2, 0.25) is 0 Å². The molecule has 3 unspecified atom stereocenters. The fraction of sp³-hybridized carbons (Fsp3) is 0.933. The lowest BCUT2D eigenvalue weighted by atomic mass is 9.84. The van der Waals surface area contributed by atoms with Crippen LogP contribution in [0.15, 0.2) is 0 Å². The molecular formula is C15H29N3O. The van der Waals surface area contributed by atoms with Crippen LogP contribution in [0.3, 0.4) is 0 Å². The highest BCUT2D eigenvalue weighted by molar-refractivity contribution is 5.76. The van der Waals surface area contributed by atoms with Crippen LogP contribution in [0, 0.1) is 5.92 Å². The zero-order chi connectivity index (χ0) is 13.8. The average molecular weight is 267 g/mol. The van der Waals surface area contributed by atoms with Gasteiger partial charge in [0.05, 0.1) is 0 Å². The van der Waals surface area contributed by atoms with E-state index in [0.29, 0.717) is 30.3 Å². The van der Waals surface area contributed by atoms with Crippen LogP contribution in [-0.2, 0) is 4.79 Å². The van der Waals surface area contributed by atoms with Gasteiger partial charge in [-0.25, -0.2) is 0 Å². The minimum Gasteiger partial charge on any atom is -0.341 e. The van der Waals surface area contributed by atoms with Gasteiger partial charge < -0.3 is 15.5 Å². The van der Waals surface area contributed by atoms with Crippen LogP contribution in [0.5, 0.6) is 0 Å². The van der Waals surface area contributed by atoms with Crippen molar-refractivity contribution in [3.8, 4) is 0 Å². The molecule has 2 fully saturated rings. The second kappa shape index (κ2) is 6.71. The number of carbonyl (C=O) groups is 1. The zero-order valence-electron chi connectivity index (χ0n) is 12.5. The smallest absolute Gasteiger partial charge is 0.222 e. The number of hydrogen-bond donors (Lipinski definition) is 1. The highest BCUT2D eigenvalue weighted by Crippen LogP contribution is 2.27. The van der Waals surface area contributed by atoms with Crippen LogP contribution in [0.25, 0.3) is 0 Å². The number of nitrogens with two attached hydrogens (primary N) is 1. The summed E-state index contributed by atoms with van der Waals surface area (Å²) in [6.45, 7) is 1.85. The first kappa shape index (κ1) is 14.8. The summed E-state index contributed by atoms with van der Waals surface area (Å²) in [6.07, 6.45) is 7.62. The third-order valence-electron chi connectivity index (χ3n) is 4.77. The van der Waals surface area contributed by atoms with Crippen molar-refractivity contribution in [2.75, 3.05) is 27.2 Å². The van der Waals surface area contributed by atoms with E-state index < -0.39 is 0 Å². The lowest BCUT2D eigenvalue weighted by molar-refractivity contribution is -0.134. The maximum Gasteiger partial charge on any atom is 0.222 e. The van der Waals surface area contributed by atoms with Crippen molar-refractivity contribution >= 4 is 5.91 Å². The van der Waals surface area contributed by atoms with Crippen LogP contribution >= 0.6 is 0 Å². The summed E-state index contributed by atoms with van der Waals surface area (Å²) in [6, 6.07) is 0.855. The third kappa shape index (κ3) is 4.18. The molecule has 4 heteroatoms. The Morgan fingerprint density at radius 2 is 2.05 bits per heavy atom. The van der Waals surface area contributed by atoms with E-state index in [1.165, 1.54) is 19.3 Å². The number of amides is 1. The van der Waals surface area contributed by atoms with Crippen molar-refractivity contribution in [1.82, 2.24) is 9.80 Å². The topological polar surface area (TPSA) is 49.6 Å². The first-order valence-corrected chi connectivity index (χ1v) is 7.76. The van der Waals surface area contributed by atoms with E-state index in [2.05, 4.69) is 23.9 Å². The summed E-state index contributed by atoms with van der Waals surface area (Å²) in [5, 5.41) is 0. The van der Waals surface area contributed by atoms with E-state index in [-0.39, 0.29) is 0 Å². The molecule has 1 heterocycles. The Morgan fingerprint density at radius 1 is 1.26 bits per heavy atom. The van der Waals surface area contributed by atoms with Gasteiger partial charge in [0.25, 0.3) is 0 Å². The van der Waals surface area contributed by atoms with Gasteiger partial charge in [-0.2, -0.15) is 0 Å². The fourth-order valence-corrected chi connectivity index (χ4v) is 3.50. The number of piperidine rings is 1. The minimum absolute atomic E-state index is 0.322. The van der Waals surface area contributed by atoms with Gasteiger partial charge in [0.15, 0.2) is 0 Å². The molecule has 0 aromatic rings. The molecule has 0 spiro atoms. The van der Waals surface area contributed by atoms with Crippen LogP contribution in [0.4, 0.5) is 0 Å². The van der Waals surface area contributed by atoms with Crippen molar-refractivity contribution in [1.29, 1.82) is 0 Å². The Hall–Kier alpha value is -0.610. The van der Waals surface area contributed by atoms with E-state index in [4.69, 9.17) is 5.73 Å². The van der Waals surface area contributed by atoms with Gasteiger partial charge >= 0.3 is 0 Å². The zero-order valence-corrected chi connectivity index (χ0v) is 12.5. The quantitative estimate of drug-likeness (QED) is 0.842. The number of nitrogens with zero attached hydrogens (tertiary/aromatic N) is 2. The summed E-state index contributed by atoms with van der Waals surface area (Å²) in [4.78, 5) is 16.7. The van der Waals surface area contributed by atoms with E-state index >= 15 is 0 Å². The van der Waals surface area contributed by atoms with E-state index in [9.17, 15) is 4.79 Å². The fourth-order valence-electron chi connectivity index (χ4n) is 3.50. The lowest BCUT2D eigenvalue weighted by Gasteiger charge is -2.37. The molecule has 0 radical (unpaired) electrons. The molecule has 110 valence electrons. The molecule has 1 amide bonds. The van der Waals surface area contributed by atoms with Crippen LogP contribution in [0.1, 0.15) is 44.9 Å². The summed E-state index contributed by atoms with van der Waals surface area (Å²) in [5.41, 5.74) is 6.01. The van der Waals surface area contributed by atoms with E-state index in [0.717, 1.165) is 32.4 Å². The molecule has 1 aliphatic heterocycles. The molecule has 0 aromatic heterocycles. The number of hydrogen-bond acceptors (Lipinski definition) is 3. The Bertz CT molecular complexity index is 306. The number of carbonyl (C=O) groups excluding carboxylic acids is 1. The summed E-state index contributed by atoms with van der Waals surface area (Å²) in [7, 11) is 4.22. The van der Waals surface area contributed by atoms with Gasteiger partial charge in [-0.1, -0.05) is 6.42 Å². The maximum absolute atomic E-state index is 12.4. The normalized spacial score (nSPS) is 32.6. The van der Waals surface area contributed by atoms with Crippen molar-refractivity contribution in [2.45, 2.75) is 57.0 Å². The number of likely N-dealkylation sites (tertiary alicyclic amines) is 1. The monoisotopic (exact) mass is 267 g/mol. The SMILES string of the molecule is CN(C)C1CCCN(C(=O)CC2CCCC(N)C2)C1. The molecule has 0 bridgehead atoms. The second-order valence-electron chi connectivity index (χ2n) is 6.60. The predicted octanol–water partition coefficient (Wildman–Crippen LogP) is 1.45. The number of rotatable bonds is 3. The van der Waals surface area contributed by atoms with Gasteiger partial charge in [-0.05, 0) is 52.1 Å². The predicted molar refractivity (Wildman–Crippen MR) is 77.8 cm³/mol. The van der Waals surface area contributed by atoms with Crippen LogP contribution < -0.4 is 5.73 Å². The first-order valence-electron chi connectivity index (χ1n) is 7.76. The summed E-state index contributed by atoms with van der Waals surface area (Å²) < 4.78 is 0. The van der Waals surface area contributed by atoms with Crippen molar-refractivity contribution < 1.29 is 4.79 Å². The molecule has 3 atom stereocenters. The molecule has 2 N–H and O–H groups in total. The van der Waals surface area contributed by atoms with Gasteiger partial charge in [-0.3, -0.25) is 4.79 Å². The van der Waals surface area contributed by atoms with Gasteiger partial charge in [0.2, 0.25) is 5.91 Å². The molecule has 4 nitrogen and oxygen atoms in total. The average Bonchev–Trinajstić information content (AvgIpc) is 2.39. The van der Waals surface area contributed by atoms with E-state index in [1.807, 2.05) is 0 Å². The Morgan fingerprint density at radius 3 is 2.74 bits per heavy atom. The van der Waals surface area contributed by atoms with Crippen LogP contribution in [-0.4, -0.2) is 55.0 Å². The molecule has 1 saturated carbocycles. The molecule has 1 saturated heterocycles. The highest BCUT2D eigenvalue weighted by atomic mass is 16.2. The molecule has 1 aliphatic carbocycles. The summed E-state index contributed by atoms with van der Waals surface area (Å²) in [5.74, 6) is 0.877. The van der Waals surface area contributed by atoms with Gasteiger partial charge in [0, 0.05) is 31.6 Å². The number of likely N-dealkylation sites (N-methyl/N-ethyl adjacent to an activating group) is 1. The van der Waals surface area contributed by atoms with Crippen molar-refractivity contribution in [2.24, 2.45) is 11.7 Å². The minimum atomic E-state index is 0.322. The molecular weight excluding hydrogens is 238 g/mol. The van der Waals surface area contributed by atoms with E-state index in [1.54, 1.807) is 0 Å². The summed E-state index contributed by atoms with van der Waals surface area (Å²) >= 11 is 0. The maximum atomic E-state index is 12.4. The first-order chi connectivity index (χ1) is 9.06. The Kier molecular flexibility index (Phi) is 5.22. The largest absolute Gasteiger partial charge is 0.341 e. The molecule has 2 rings (SSSR count). The Labute approximate surface area is 117 Å². The van der Waals surface area contributed by atoms with Gasteiger partial charge in [0.1, 0.15) is 0 Å². The lowest BCUT2D eigenvalue weighted by Crippen LogP contribution is -2.48. The van der Waals surface area contributed by atoms with Crippen molar-refractivity contribution in [3.63, 3.8) is 0 Å². The van der Waals surface area contributed by atoms with Crippen molar-refractivity contribution in [3.05, 3.63) is 0 Å². The van der Waals surface area contributed by atoms with Gasteiger partial charge in [-0.15, -0.1) is 0 Å². The Balaban J connectivity index is 1.82.